The lowest BCUT2D eigenvalue weighted by atomic mass is 10.1. The number of nitrogens with zero attached hydrogens (tertiary/aromatic N) is 2. The van der Waals surface area contributed by atoms with Gasteiger partial charge in [-0.05, 0) is 12.1 Å². The number of anilines is 1. The molecular weight excluding hydrogens is 352 g/mol. The van der Waals surface area contributed by atoms with Gasteiger partial charge in [-0.15, -0.1) is 0 Å². The number of methoxy groups -OCH3 is 2. The molecule has 2 N–H and O–H groups in total. The first-order chi connectivity index (χ1) is 13.0. The Balaban J connectivity index is 1.83. The minimum atomic E-state index is -0.475. The molecule has 3 rings (SSSR count). The van der Waals surface area contributed by atoms with Crippen molar-refractivity contribution >= 4 is 17.4 Å². The first kappa shape index (κ1) is 17.9. The van der Waals surface area contributed by atoms with Crippen molar-refractivity contribution in [3.05, 3.63) is 64.2 Å². The molecule has 1 amide bonds. The van der Waals surface area contributed by atoms with Crippen LogP contribution in [0.25, 0.3) is 11.3 Å². The van der Waals surface area contributed by atoms with Crippen LogP contribution in [-0.2, 0) is 0 Å². The van der Waals surface area contributed by atoms with Gasteiger partial charge in [0.15, 0.2) is 17.3 Å². The van der Waals surface area contributed by atoms with Gasteiger partial charge in [0.1, 0.15) is 0 Å². The predicted octanol–water partition coefficient (Wildman–Crippen LogP) is 3.25. The number of hydrogen-bond donors (Lipinski definition) is 2. The number of aromatic nitrogens is 2. The van der Waals surface area contributed by atoms with E-state index >= 15 is 0 Å². The molecule has 3 aromatic rings. The standard InChI is InChI=1S/C18H16N4O5/c1-26-15-8-4-7-13(17(15)27-2)18(23)19-16-10-14(20-21-16)11-5-3-6-12(9-11)22(24)25/h3-10H,1-2H3,(H2,19,20,21,23). The molecule has 0 bridgehead atoms. The largest absolute Gasteiger partial charge is 0.493 e. The zero-order valence-electron chi connectivity index (χ0n) is 14.6. The molecule has 0 aliphatic carbocycles. The number of rotatable bonds is 6. The summed E-state index contributed by atoms with van der Waals surface area (Å²) in [6.45, 7) is 0. The number of nitro benzene ring substituents is 1. The number of para-hydroxylation sites is 1. The Morgan fingerprint density at radius 3 is 2.63 bits per heavy atom. The van der Waals surface area contributed by atoms with Gasteiger partial charge in [-0.3, -0.25) is 20.0 Å². The van der Waals surface area contributed by atoms with Gasteiger partial charge < -0.3 is 14.8 Å². The number of benzene rings is 2. The summed E-state index contributed by atoms with van der Waals surface area (Å²) < 4.78 is 10.4. The van der Waals surface area contributed by atoms with Crippen LogP contribution in [0, 0.1) is 10.1 Å². The molecule has 0 unspecified atom stereocenters. The van der Waals surface area contributed by atoms with Crippen molar-refractivity contribution in [1.82, 2.24) is 10.2 Å². The second-order valence-electron chi connectivity index (χ2n) is 5.47. The predicted molar refractivity (Wildman–Crippen MR) is 98.2 cm³/mol. The van der Waals surface area contributed by atoms with Crippen molar-refractivity contribution in [1.29, 1.82) is 0 Å². The Hall–Kier alpha value is -3.88. The van der Waals surface area contributed by atoms with Gasteiger partial charge in [0, 0.05) is 23.8 Å². The number of carbonyl (C=O) groups excluding carboxylic acids is 1. The number of hydrogen-bond acceptors (Lipinski definition) is 6. The van der Waals surface area contributed by atoms with Crippen LogP contribution in [0.1, 0.15) is 10.4 Å². The molecule has 27 heavy (non-hydrogen) atoms. The lowest BCUT2D eigenvalue weighted by Gasteiger charge is -2.11. The van der Waals surface area contributed by atoms with Crippen LogP contribution in [0.4, 0.5) is 11.5 Å². The minimum absolute atomic E-state index is 0.0335. The summed E-state index contributed by atoms with van der Waals surface area (Å²) >= 11 is 0. The number of H-pyrrole nitrogens is 1. The SMILES string of the molecule is COc1cccc(C(=O)Nc2cc(-c3cccc([N+](=O)[O-])c3)[nH]n2)c1OC. The van der Waals surface area contributed by atoms with Crippen LogP contribution < -0.4 is 14.8 Å². The Morgan fingerprint density at radius 1 is 1.15 bits per heavy atom. The van der Waals surface area contributed by atoms with Gasteiger partial charge in [-0.2, -0.15) is 5.10 Å². The van der Waals surface area contributed by atoms with E-state index in [4.69, 9.17) is 9.47 Å². The van der Waals surface area contributed by atoms with E-state index in [2.05, 4.69) is 15.5 Å². The highest BCUT2D eigenvalue weighted by Gasteiger charge is 2.18. The molecular formula is C18H16N4O5. The molecule has 9 nitrogen and oxygen atoms in total. The number of carbonyl (C=O) groups is 1. The Labute approximate surface area is 154 Å². The average Bonchev–Trinajstić information content (AvgIpc) is 3.15. The van der Waals surface area contributed by atoms with E-state index in [0.29, 0.717) is 22.8 Å². The molecule has 1 heterocycles. The zero-order chi connectivity index (χ0) is 19.4. The fourth-order valence-electron chi connectivity index (χ4n) is 2.57. The monoisotopic (exact) mass is 368 g/mol. The molecule has 0 radical (unpaired) electrons. The lowest BCUT2D eigenvalue weighted by Crippen LogP contribution is -2.13. The van der Waals surface area contributed by atoms with Crippen molar-refractivity contribution in [2.45, 2.75) is 0 Å². The maximum Gasteiger partial charge on any atom is 0.270 e. The van der Waals surface area contributed by atoms with Crippen LogP contribution >= 0.6 is 0 Å². The van der Waals surface area contributed by atoms with Crippen molar-refractivity contribution in [2.24, 2.45) is 0 Å². The maximum atomic E-state index is 12.6. The normalized spacial score (nSPS) is 10.3. The molecule has 0 atom stereocenters. The van der Waals surface area contributed by atoms with E-state index in [0.717, 1.165) is 0 Å². The van der Waals surface area contributed by atoms with E-state index in [1.807, 2.05) is 0 Å². The average molecular weight is 368 g/mol. The molecule has 0 aliphatic rings. The highest BCUT2D eigenvalue weighted by Crippen LogP contribution is 2.31. The maximum absolute atomic E-state index is 12.6. The van der Waals surface area contributed by atoms with E-state index in [9.17, 15) is 14.9 Å². The topological polar surface area (TPSA) is 119 Å². The number of nitrogens with one attached hydrogen (secondary N) is 2. The summed E-state index contributed by atoms with van der Waals surface area (Å²) in [6, 6.07) is 12.7. The van der Waals surface area contributed by atoms with Crippen LogP contribution in [0.3, 0.4) is 0 Å². The molecule has 0 spiro atoms. The summed E-state index contributed by atoms with van der Waals surface area (Å²) in [5.74, 6) is 0.589. The molecule has 0 aliphatic heterocycles. The third-order valence-corrected chi connectivity index (χ3v) is 3.84. The number of ether oxygens (including phenoxy) is 2. The quantitative estimate of drug-likeness (QED) is 0.509. The first-order valence-electron chi connectivity index (χ1n) is 7.86. The summed E-state index contributed by atoms with van der Waals surface area (Å²) in [5.41, 5.74) is 1.37. The Morgan fingerprint density at radius 2 is 1.93 bits per heavy atom. The van der Waals surface area contributed by atoms with Crippen molar-refractivity contribution in [3.8, 4) is 22.8 Å². The van der Waals surface area contributed by atoms with E-state index in [-0.39, 0.29) is 17.1 Å². The van der Waals surface area contributed by atoms with E-state index in [1.54, 1.807) is 36.4 Å². The Kier molecular flexibility index (Phi) is 5.02. The minimum Gasteiger partial charge on any atom is -0.493 e. The second kappa shape index (κ2) is 7.56. The van der Waals surface area contributed by atoms with Gasteiger partial charge in [0.05, 0.1) is 30.4 Å². The number of nitro groups is 1. The third-order valence-electron chi connectivity index (χ3n) is 3.84. The van der Waals surface area contributed by atoms with Crippen molar-refractivity contribution in [3.63, 3.8) is 0 Å². The summed E-state index contributed by atoms with van der Waals surface area (Å²) in [4.78, 5) is 23.0. The lowest BCUT2D eigenvalue weighted by molar-refractivity contribution is -0.384. The molecule has 1 aromatic heterocycles. The first-order valence-corrected chi connectivity index (χ1v) is 7.86. The second-order valence-corrected chi connectivity index (χ2v) is 5.47. The highest BCUT2D eigenvalue weighted by atomic mass is 16.6. The third kappa shape index (κ3) is 3.71. The summed E-state index contributed by atoms with van der Waals surface area (Å²) in [7, 11) is 2.93. The van der Waals surface area contributed by atoms with Gasteiger partial charge in [-0.1, -0.05) is 18.2 Å². The summed E-state index contributed by atoms with van der Waals surface area (Å²) in [5, 5.41) is 20.4. The van der Waals surface area contributed by atoms with Crippen LogP contribution in [-0.4, -0.2) is 35.2 Å². The zero-order valence-corrected chi connectivity index (χ0v) is 14.6. The van der Waals surface area contributed by atoms with Gasteiger partial charge >= 0.3 is 0 Å². The molecule has 0 fully saturated rings. The number of non-ortho nitro benzene ring substituents is 1. The van der Waals surface area contributed by atoms with Gasteiger partial charge in [0.25, 0.3) is 11.6 Å². The fourth-order valence-corrected chi connectivity index (χ4v) is 2.57. The molecule has 0 saturated carbocycles. The van der Waals surface area contributed by atoms with E-state index in [1.165, 1.54) is 26.4 Å². The van der Waals surface area contributed by atoms with Gasteiger partial charge in [-0.25, -0.2) is 0 Å². The summed E-state index contributed by atoms with van der Waals surface area (Å²) in [6.07, 6.45) is 0. The smallest absolute Gasteiger partial charge is 0.270 e. The molecule has 138 valence electrons. The highest BCUT2D eigenvalue weighted by molar-refractivity contribution is 6.06. The van der Waals surface area contributed by atoms with Gasteiger partial charge in [0.2, 0.25) is 0 Å². The number of aromatic amines is 1. The fraction of sp³-hybridized carbons (Fsp3) is 0.111. The molecule has 0 saturated heterocycles. The molecule has 2 aromatic carbocycles. The van der Waals surface area contributed by atoms with Crippen molar-refractivity contribution < 1.29 is 19.2 Å². The van der Waals surface area contributed by atoms with Crippen LogP contribution in [0.2, 0.25) is 0 Å². The van der Waals surface area contributed by atoms with Crippen LogP contribution in [0.15, 0.2) is 48.5 Å². The van der Waals surface area contributed by atoms with Crippen molar-refractivity contribution in [2.75, 3.05) is 19.5 Å². The Bertz CT molecular complexity index is 999. The number of amides is 1. The van der Waals surface area contributed by atoms with E-state index < -0.39 is 10.8 Å². The van der Waals surface area contributed by atoms with Crippen LogP contribution in [0.5, 0.6) is 11.5 Å². The molecule has 9 heteroatoms.